The molecule has 0 spiro atoms. The first-order chi connectivity index (χ1) is 12.5. The minimum Gasteiger partial charge on any atom is -0.478 e. The SMILES string of the molecule is CSc1nc(-c2ccc(-c3cncc(C(=O)O)c3)cc2)c(C#N)c(=O)[nH]1. The van der Waals surface area contributed by atoms with Gasteiger partial charge in [0.2, 0.25) is 0 Å². The summed E-state index contributed by atoms with van der Waals surface area (Å²) in [5.41, 5.74) is 1.91. The number of rotatable bonds is 4. The molecule has 0 unspecified atom stereocenters. The number of carboxylic acids is 1. The van der Waals surface area contributed by atoms with Crippen LogP contribution in [-0.2, 0) is 0 Å². The first kappa shape index (κ1) is 17.4. The molecular formula is C18H12N4O3S. The maximum absolute atomic E-state index is 12.0. The van der Waals surface area contributed by atoms with Crippen molar-refractivity contribution in [2.45, 2.75) is 5.16 Å². The van der Waals surface area contributed by atoms with Crippen molar-refractivity contribution in [2.75, 3.05) is 6.26 Å². The van der Waals surface area contributed by atoms with E-state index in [0.717, 1.165) is 5.56 Å². The highest BCUT2D eigenvalue weighted by atomic mass is 32.2. The van der Waals surface area contributed by atoms with Gasteiger partial charge < -0.3 is 10.1 Å². The Balaban J connectivity index is 2.05. The molecule has 2 N–H and O–H groups in total. The maximum Gasteiger partial charge on any atom is 0.337 e. The predicted molar refractivity (Wildman–Crippen MR) is 97.0 cm³/mol. The van der Waals surface area contributed by atoms with Crippen LogP contribution in [0.25, 0.3) is 22.4 Å². The fraction of sp³-hybridized carbons (Fsp3) is 0.0556. The van der Waals surface area contributed by atoms with E-state index in [2.05, 4.69) is 15.0 Å². The first-order valence-electron chi connectivity index (χ1n) is 7.41. The van der Waals surface area contributed by atoms with Crippen LogP contribution in [0.15, 0.2) is 52.7 Å². The van der Waals surface area contributed by atoms with Crippen LogP contribution in [0.2, 0.25) is 0 Å². The van der Waals surface area contributed by atoms with Crippen LogP contribution >= 0.6 is 11.8 Å². The Bertz CT molecular complexity index is 1080. The highest BCUT2D eigenvalue weighted by molar-refractivity contribution is 7.98. The van der Waals surface area contributed by atoms with E-state index < -0.39 is 11.5 Å². The number of H-pyrrole nitrogens is 1. The molecule has 2 aromatic heterocycles. The summed E-state index contributed by atoms with van der Waals surface area (Å²) >= 11 is 1.28. The number of nitrogens with zero attached hydrogens (tertiary/aromatic N) is 3. The summed E-state index contributed by atoms with van der Waals surface area (Å²) in [5, 5.41) is 18.7. The summed E-state index contributed by atoms with van der Waals surface area (Å²) in [5.74, 6) is -1.05. The Hall–Kier alpha value is -3.44. The van der Waals surface area contributed by atoms with E-state index in [1.807, 2.05) is 6.07 Å². The smallest absolute Gasteiger partial charge is 0.337 e. The highest BCUT2D eigenvalue weighted by Crippen LogP contribution is 2.25. The Kier molecular flexibility index (Phi) is 4.82. The topological polar surface area (TPSA) is 120 Å². The van der Waals surface area contributed by atoms with E-state index in [0.29, 0.717) is 22.0 Å². The van der Waals surface area contributed by atoms with E-state index in [9.17, 15) is 14.9 Å². The molecule has 0 bridgehead atoms. The molecule has 0 radical (unpaired) electrons. The molecule has 0 saturated heterocycles. The standard InChI is InChI=1S/C18H12N4O3S/c1-26-18-21-15(14(7-19)16(23)22-18)11-4-2-10(3-5-11)12-6-13(17(24)25)9-20-8-12/h2-6,8-9H,1H3,(H,24,25)(H,21,22,23). The van der Waals surface area contributed by atoms with Crippen molar-refractivity contribution in [1.29, 1.82) is 5.26 Å². The molecule has 0 atom stereocenters. The molecule has 0 aliphatic rings. The van der Waals surface area contributed by atoms with Gasteiger partial charge in [0.1, 0.15) is 11.6 Å². The van der Waals surface area contributed by atoms with Gasteiger partial charge in [0, 0.05) is 23.5 Å². The molecule has 8 heteroatoms. The van der Waals surface area contributed by atoms with E-state index >= 15 is 0 Å². The Morgan fingerprint density at radius 1 is 1.19 bits per heavy atom. The van der Waals surface area contributed by atoms with Crippen molar-refractivity contribution < 1.29 is 9.90 Å². The fourth-order valence-electron chi connectivity index (χ4n) is 2.40. The van der Waals surface area contributed by atoms with Gasteiger partial charge in [-0.05, 0) is 17.9 Å². The zero-order chi connectivity index (χ0) is 18.7. The van der Waals surface area contributed by atoms with Gasteiger partial charge in [0.15, 0.2) is 5.16 Å². The Morgan fingerprint density at radius 3 is 2.50 bits per heavy atom. The third-order valence-electron chi connectivity index (χ3n) is 3.68. The van der Waals surface area contributed by atoms with Gasteiger partial charge in [-0.25, -0.2) is 9.78 Å². The van der Waals surface area contributed by atoms with Crippen molar-refractivity contribution in [3.63, 3.8) is 0 Å². The number of aromatic amines is 1. The minimum atomic E-state index is -1.05. The lowest BCUT2D eigenvalue weighted by molar-refractivity contribution is 0.0696. The molecule has 0 aliphatic carbocycles. The highest BCUT2D eigenvalue weighted by Gasteiger charge is 2.13. The number of aromatic carboxylic acids is 1. The van der Waals surface area contributed by atoms with Crippen molar-refractivity contribution in [3.8, 4) is 28.5 Å². The van der Waals surface area contributed by atoms with E-state index in [1.165, 1.54) is 24.0 Å². The molecule has 0 fully saturated rings. The van der Waals surface area contributed by atoms with Crippen LogP contribution in [-0.4, -0.2) is 32.3 Å². The maximum atomic E-state index is 12.0. The van der Waals surface area contributed by atoms with Gasteiger partial charge in [-0.2, -0.15) is 5.26 Å². The third kappa shape index (κ3) is 3.34. The number of nitriles is 1. The second-order valence-corrected chi connectivity index (χ2v) is 6.05. The monoisotopic (exact) mass is 364 g/mol. The molecule has 2 heterocycles. The van der Waals surface area contributed by atoms with Crippen LogP contribution in [0.5, 0.6) is 0 Å². The predicted octanol–water partition coefficient (Wildman–Crippen LogP) is 2.79. The van der Waals surface area contributed by atoms with E-state index in [4.69, 9.17) is 5.11 Å². The fourth-order valence-corrected chi connectivity index (χ4v) is 2.77. The van der Waals surface area contributed by atoms with Gasteiger partial charge in [0.25, 0.3) is 5.56 Å². The molecule has 1 aromatic carbocycles. The van der Waals surface area contributed by atoms with Crippen LogP contribution in [0.4, 0.5) is 0 Å². The molecule has 0 aliphatic heterocycles. The van der Waals surface area contributed by atoms with Gasteiger partial charge in [-0.3, -0.25) is 9.78 Å². The zero-order valence-corrected chi connectivity index (χ0v) is 14.4. The summed E-state index contributed by atoms with van der Waals surface area (Å²) in [4.78, 5) is 33.9. The second-order valence-electron chi connectivity index (χ2n) is 5.26. The summed E-state index contributed by atoms with van der Waals surface area (Å²) in [6.45, 7) is 0. The lowest BCUT2D eigenvalue weighted by atomic mass is 10.0. The average Bonchev–Trinajstić information content (AvgIpc) is 2.67. The van der Waals surface area contributed by atoms with Gasteiger partial charge in [-0.1, -0.05) is 36.0 Å². The quantitative estimate of drug-likeness (QED) is 0.539. The number of pyridine rings is 1. The number of hydrogen-bond donors (Lipinski definition) is 2. The Morgan fingerprint density at radius 2 is 1.88 bits per heavy atom. The normalized spacial score (nSPS) is 10.3. The number of nitrogens with one attached hydrogen (secondary N) is 1. The molecule has 7 nitrogen and oxygen atoms in total. The number of thioether (sulfide) groups is 1. The molecule has 0 amide bonds. The lowest BCUT2D eigenvalue weighted by Gasteiger charge is -2.07. The number of hydrogen-bond acceptors (Lipinski definition) is 6. The number of carbonyl (C=O) groups is 1. The lowest BCUT2D eigenvalue weighted by Crippen LogP contribution is -2.14. The van der Waals surface area contributed by atoms with Crippen LogP contribution < -0.4 is 5.56 Å². The molecule has 26 heavy (non-hydrogen) atoms. The van der Waals surface area contributed by atoms with Crippen molar-refractivity contribution in [1.82, 2.24) is 15.0 Å². The molecule has 128 valence electrons. The van der Waals surface area contributed by atoms with Crippen LogP contribution in [0, 0.1) is 11.3 Å². The summed E-state index contributed by atoms with van der Waals surface area (Å²) in [6, 6.07) is 10.4. The number of carboxylic acid groups (broad SMARTS) is 1. The Labute approximate surface area is 152 Å². The summed E-state index contributed by atoms with van der Waals surface area (Å²) in [6.07, 6.45) is 4.63. The van der Waals surface area contributed by atoms with Crippen molar-refractivity contribution >= 4 is 17.7 Å². The number of benzene rings is 1. The van der Waals surface area contributed by atoms with Gasteiger partial charge >= 0.3 is 5.97 Å². The van der Waals surface area contributed by atoms with Gasteiger partial charge in [0.05, 0.1) is 11.3 Å². The van der Waals surface area contributed by atoms with E-state index in [1.54, 1.807) is 36.7 Å². The first-order valence-corrected chi connectivity index (χ1v) is 8.63. The van der Waals surface area contributed by atoms with Crippen LogP contribution in [0.1, 0.15) is 15.9 Å². The van der Waals surface area contributed by atoms with Gasteiger partial charge in [-0.15, -0.1) is 0 Å². The number of aromatic nitrogens is 3. The van der Waals surface area contributed by atoms with E-state index in [-0.39, 0.29) is 11.1 Å². The zero-order valence-electron chi connectivity index (χ0n) is 13.6. The van der Waals surface area contributed by atoms with Crippen LogP contribution in [0.3, 0.4) is 0 Å². The molecular weight excluding hydrogens is 352 g/mol. The van der Waals surface area contributed by atoms with Crippen molar-refractivity contribution in [3.05, 3.63) is 64.2 Å². The summed E-state index contributed by atoms with van der Waals surface area (Å²) in [7, 11) is 0. The summed E-state index contributed by atoms with van der Waals surface area (Å²) < 4.78 is 0. The second kappa shape index (κ2) is 7.21. The third-order valence-corrected chi connectivity index (χ3v) is 4.26. The molecule has 0 saturated carbocycles. The molecule has 3 rings (SSSR count). The average molecular weight is 364 g/mol. The largest absolute Gasteiger partial charge is 0.478 e. The molecule has 3 aromatic rings. The minimum absolute atomic E-state index is 0.0508. The van der Waals surface area contributed by atoms with Crippen molar-refractivity contribution in [2.24, 2.45) is 0 Å².